The van der Waals surface area contributed by atoms with Crippen molar-refractivity contribution in [3.8, 4) is 5.75 Å². The fourth-order valence-electron chi connectivity index (χ4n) is 1.87. The van der Waals surface area contributed by atoms with Gasteiger partial charge in [0.15, 0.2) is 0 Å². The van der Waals surface area contributed by atoms with Crippen molar-refractivity contribution < 1.29 is 19.6 Å². The van der Waals surface area contributed by atoms with E-state index in [2.05, 4.69) is 5.32 Å². The number of aromatic carboxylic acids is 1. The minimum atomic E-state index is -1.35. The molecule has 0 aliphatic heterocycles. The molecule has 0 heterocycles. The van der Waals surface area contributed by atoms with Gasteiger partial charge in [0.1, 0.15) is 17.0 Å². The van der Waals surface area contributed by atoms with Crippen LogP contribution in [0.1, 0.15) is 10.4 Å². The van der Waals surface area contributed by atoms with Crippen molar-refractivity contribution in [3.63, 3.8) is 0 Å². The van der Waals surface area contributed by atoms with Crippen LogP contribution in [0.5, 0.6) is 5.75 Å². The number of nitro benzene ring substituents is 1. The van der Waals surface area contributed by atoms with E-state index in [0.717, 1.165) is 0 Å². The SMILES string of the molecule is COc1cccc(Nc2cccc(C(=O)O)c2[N+](=O)[O-])c1. The van der Waals surface area contributed by atoms with Crippen LogP contribution in [0.4, 0.5) is 17.1 Å². The Morgan fingerprint density at radius 2 is 2.00 bits per heavy atom. The molecule has 0 saturated heterocycles. The van der Waals surface area contributed by atoms with Gasteiger partial charge in [0, 0.05) is 11.8 Å². The van der Waals surface area contributed by atoms with Crippen molar-refractivity contribution in [3.05, 3.63) is 58.1 Å². The summed E-state index contributed by atoms with van der Waals surface area (Å²) in [4.78, 5) is 21.5. The summed E-state index contributed by atoms with van der Waals surface area (Å²) in [6.45, 7) is 0. The smallest absolute Gasteiger partial charge is 0.342 e. The summed E-state index contributed by atoms with van der Waals surface area (Å²) in [5.74, 6) is -0.770. The molecule has 0 amide bonds. The molecular weight excluding hydrogens is 276 g/mol. The van der Waals surface area contributed by atoms with Gasteiger partial charge in [-0.25, -0.2) is 4.79 Å². The van der Waals surface area contributed by atoms with Crippen LogP contribution < -0.4 is 10.1 Å². The Morgan fingerprint density at radius 3 is 2.62 bits per heavy atom. The van der Waals surface area contributed by atoms with E-state index < -0.39 is 16.6 Å². The molecule has 7 heteroatoms. The predicted molar refractivity (Wildman–Crippen MR) is 76.3 cm³/mol. The second-order valence-electron chi connectivity index (χ2n) is 4.12. The second-order valence-corrected chi connectivity index (χ2v) is 4.12. The number of carboxylic acid groups (broad SMARTS) is 1. The molecule has 0 aromatic heterocycles. The Morgan fingerprint density at radius 1 is 1.29 bits per heavy atom. The summed E-state index contributed by atoms with van der Waals surface area (Å²) in [7, 11) is 1.51. The summed E-state index contributed by atoms with van der Waals surface area (Å²) in [6, 6.07) is 10.9. The fraction of sp³-hybridized carbons (Fsp3) is 0.0714. The molecule has 21 heavy (non-hydrogen) atoms. The number of hydrogen-bond acceptors (Lipinski definition) is 5. The lowest BCUT2D eigenvalue weighted by atomic mass is 10.1. The highest BCUT2D eigenvalue weighted by atomic mass is 16.6. The number of rotatable bonds is 5. The van der Waals surface area contributed by atoms with Crippen molar-refractivity contribution >= 4 is 23.0 Å². The second kappa shape index (κ2) is 5.91. The number of nitrogens with one attached hydrogen (secondary N) is 1. The largest absolute Gasteiger partial charge is 0.497 e. The van der Waals surface area contributed by atoms with Crippen LogP contribution in [0.2, 0.25) is 0 Å². The number of nitro groups is 1. The molecule has 0 radical (unpaired) electrons. The summed E-state index contributed by atoms with van der Waals surface area (Å²) in [5.41, 5.74) is -0.186. The third kappa shape index (κ3) is 3.08. The lowest BCUT2D eigenvalue weighted by Crippen LogP contribution is -2.05. The van der Waals surface area contributed by atoms with E-state index in [9.17, 15) is 14.9 Å². The Hall–Kier alpha value is -3.09. The molecule has 0 fully saturated rings. The molecule has 0 bridgehead atoms. The standard InChI is InChI=1S/C14H12N2O5/c1-21-10-5-2-4-9(8-10)15-12-7-3-6-11(14(17)18)13(12)16(19)20/h2-8,15H,1H3,(H,17,18). The van der Waals surface area contributed by atoms with E-state index in [-0.39, 0.29) is 11.3 Å². The van der Waals surface area contributed by atoms with Crippen LogP contribution in [-0.2, 0) is 0 Å². The Balaban J connectivity index is 2.46. The van der Waals surface area contributed by atoms with Gasteiger partial charge in [-0.3, -0.25) is 10.1 Å². The zero-order valence-electron chi connectivity index (χ0n) is 11.1. The topological polar surface area (TPSA) is 102 Å². The number of carboxylic acids is 1. The van der Waals surface area contributed by atoms with Crippen LogP contribution >= 0.6 is 0 Å². The van der Waals surface area contributed by atoms with Gasteiger partial charge in [-0.2, -0.15) is 0 Å². The first-order chi connectivity index (χ1) is 10.0. The number of nitrogens with zero attached hydrogens (tertiary/aromatic N) is 1. The first kappa shape index (κ1) is 14.3. The maximum Gasteiger partial charge on any atom is 0.342 e. The highest BCUT2D eigenvalue weighted by Gasteiger charge is 2.24. The summed E-state index contributed by atoms with van der Waals surface area (Å²) in [5, 5.41) is 23.0. The van der Waals surface area contributed by atoms with Gasteiger partial charge >= 0.3 is 11.7 Å². The molecule has 7 nitrogen and oxygen atoms in total. The fourth-order valence-corrected chi connectivity index (χ4v) is 1.87. The molecule has 108 valence electrons. The number of benzene rings is 2. The molecule has 2 N–H and O–H groups in total. The zero-order chi connectivity index (χ0) is 15.4. The van der Waals surface area contributed by atoms with E-state index in [1.165, 1.54) is 25.3 Å². The molecule has 0 aliphatic rings. The van der Waals surface area contributed by atoms with Crippen molar-refractivity contribution in [2.75, 3.05) is 12.4 Å². The van der Waals surface area contributed by atoms with Gasteiger partial charge in [0.2, 0.25) is 0 Å². The van der Waals surface area contributed by atoms with Crippen LogP contribution in [0, 0.1) is 10.1 Å². The monoisotopic (exact) mass is 288 g/mol. The van der Waals surface area contributed by atoms with E-state index >= 15 is 0 Å². The van der Waals surface area contributed by atoms with Crippen molar-refractivity contribution in [2.45, 2.75) is 0 Å². The number of ether oxygens (including phenoxy) is 1. The Bertz CT molecular complexity index is 700. The average molecular weight is 288 g/mol. The van der Waals surface area contributed by atoms with Crippen molar-refractivity contribution in [1.29, 1.82) is 0 Å². The summed E-state index contributed by atoms with van der Waals surface area (Å²) >= 11 is 0. The van der Waals surface area contributed by atoms with E-state index in [4.69, 9.17) is 9.84 Å². The van der Waals surface area contributed by atoms with Gasteiger partial charge in [0.05, 0.1) is 12.0 Å². The van der Waals surface area contributed by atoms with Gasteiger partial charge < -0.3 is 15.2 Å². The third-order valence-corrected chi connectivity index (χ3v) is 2.80. The van der Waals surface area contributed by atoms with Crippen LogP contribution in [0.15, 0.2) is 42.5 Å². The van der Waals surface area contributed by atoms with E-state index in [1.54, 1.807) is 24.3 Å². The lowest BCUT2D eigenvalue weighted by Gasteiger charge is -2.09. The number of methoxy groups -OCH3 is 1. The number of carbonyl (C=O) groups is 1. The number of para-hydroxylation sites is 1. The predicted octanol–water partition coefficient (Wildman–Crippen LogP) is 3.05. The quantitative estimate of drug-likeness (QED) is 0.647. The van der Waals surface area contributed by atoms with Crippen molar-refractivity contribution in [1.82, 2.24) is 0 Å². The molecule has 2 aromatic rings. The van der Waals surface area contributed by atoms with Crippen molar-refractivity contribution in [2.24, 2.45) is 0 Å². The molecule has 0 spiro atoms. The van der Waals surface area contributed by atoms with Crippen LogP contribution in [0.3, 0.4) is 0 Å². The normalized spacial score (nSPS) is 9.95. The number of anilines is 2. The molecule has 0 atom stereocenters. The summed E-state index contributed by atoms with van der Waals surface area (Å²) < 4.78 is 5.06. The molecule has 2 rings (SSSR count). The molecule has 0 aliphatic carbocycles. The van der Waals surface area contributed by atoms with Gasteiger partial charge in [0.25, 0.3) is 0 Å². The first-order valence-corrected chi connectivity index (χ1v) is 5.94. The minimum Gasteiger partial charge on any atom is -0.497 e. The van der Waals surface area contributed by atoms with Crippen LogP contribution in [0.25, 0.3) is 0 Å². The zero-order valence-corrected chi connectivity index (χ0v) is 11.1. The Kier molecular flexibility index (Phi) is 4.03. The average Bonchev–Trinajstić information content (AvgIpc) is 2.46. The van der Waals surface area contributed by atoms with E-state index in [0.29, 0.717) is 11.4 Å². The highest BCUT2D eigenvalue weighted by Crippen LogP contribution is 2.32. The van der Waals surface area contributed by atoms with E-state index in [1.807, 2.05) is 0 Å². The van der Waals surface area contributed by atoms with Gasteiger partial charge in [-0.15, -0.1) is 0 Å². The molecular formula is C14H12N2O5. The van der Waals surface area contributed by atoms with Crippen LogP contribution in [-0.4, -0.2) is 23.1 Å². The molecule has 0 unspecified atom stereocenters. The third-order valence-electron chi connectivity index (χ3n) is 2.80. The maximum absolute atomic E-state index is 11.1. The Labute approximate surface area is 119 Å². The summed E-state index contributed by atoms with van der Waals surface area (Å²) in [6.07, 6.45) is 0. The van der Waals surface area contributed by atoms with Gasteiger partial charge in [-0.1, -0.05) is 12.1 Å². The minimum absolute atomic E-state index is 0.105. The highest BCUT2D eigenvalue weighted by molar-refractivity contribution is 5.96. The first-order valence-electron chi connectivity index (χ1n) is 5.94. The number of hydrogen-bond donors (Lipinski definition) is 2. The lowest BCUT2D eigenvalue weighted by molar-refractivity contribution is -0.384. The maximum atomic E-state index is 11.1. The molecule has 2 aromatic carbocycles. The van der Waals surface area contributed by atoms with Gasteiger partial charge in [-0.05, 0) is 24.3 Å². The molecule has 0 saturated carbocycles.